The molecule has 110 valence electrons. The van der Waals surface area contributed by atoms with Gasteiger partial charge in [0.1, 0.15) is 0 Å². The smallest absolute Gasteiger partial charge is 0.397 e. The van der Waals surface area contributed by atoms with Crippen LogP contribution in [0, 0.1) is 0 Å². The van der Waals surface area contributed by atoms with Crippen molar-refractivity contribution in [1.29, 1.82) is 0 Å². The molecule has 0 bridgehead atoms. The maximum atomic E-state index is 12.6. The zero-order chi connectivity index (χ0) is 15.5. The lowest BCUT2D eigenvalue weighted by atomic mass is 10.1. The maximum Gasteiger partial charge on any atom is 0.416 e. The summed E-state index contributed by atoms with van der Waals surface area (Å²) >= 11 is 0. The molecule has 0 aromatic heterocycles. The van der Waals surface area contributed by atoms with Crippen molar-refractivity contribution in [3.8, 4) is 0 Å². The number of nitrogen functional groups attached to an aromatic ring is 1. The summed E-state index contributed by atoms with van der Waals surface area (Å²) in [6.07, 6.45) is -4.49. The standard InChI is InChI=1S/C14H12F3N3O/c15-14(16,17)10-5-3-4-9(8-10)13(21)20-19-12-7-2-1-6-11(12)18/h1-8,19H,18H2,(H,20,21). The zero-order valence-corrected chi connectivity index (χ0v) is 10.7. The molecule has 2 aromatic rings. The number of para-hydroxylation sites is 2. The number of benzene rings is 2. The molecule has 0 aliphatic heterocycles. The van der Waals surface area contributed by atoms with E-state index in [1.54, 1.807) is 24.3 Å². The van der Waals surface area contributed by atoms with Crippen LogP contribution < -0.4 is 16.6 Å². The van der Waals surface area contributed by atoms with E-state index in [9.17, 15) is 18.0 Å². The van der Waals surface area contributed by atoms with Crippen LogP contribution in [-0.2, 0) is 6.18 Å². The first-order valence-corrected chi connectivity index (χ1v) is 5.96. The van der Waals surface area contributed by atoms with E-state index in [0.717, 1.165) is 12.1 Å². The second-order valence-corrected chi connectivity index (χ2v) is 4.24. The largest absolute Gasteiger partial charge is 0.416 e. The van der Waals surface area contributed by atoms with Crippen LogP contribution in [0.25, 0.3) is 0 Å². The second-order valence-electron chi connectivity index (χ2n) is 4.24. The van der Waals surface area contributed by atoms with Gasteiger partial charge in [0.05, 0.1) is 16.9 Å². The summed E-state index contributed by atoms with van der Waals surface area (Å²) < 4.78 is 37.7. The molecule has 0 aliphatic carbocycles. The van der Waals surface area contributed by atoms with Crippen molar-refractivity contribution in [1.82, 2.24) is 5.43 Å². The Morgan fingerprint density at radius 2 is 1.76 bits per heavy atom. The Kier molecular flexibility index (Phi) is 4.02. The number of carbonyl (C=O) groups is 1. The number of hydrogen-bond donors (Lipinski definition) is 3. The maximum absolute atomic E-state index is 12.6. The molecular formula is C14H12F3N3O. The number of anilines is 2. The van der Waals surface area contributed by atoms with Gasteiger partial charge in [0, 0.05) is 5.56 Å². The Morgan fingerprint density at radius 3 is 2.43 bits per heavy atom. The molecule has 4 N–H and O–H groups in total. The van der Waals surface area contributed by atoms with Crippen molar-refractivity contribution in [2.45, 2.75) is 6.18 Å². The van der Waals surface area contributed by atoms with Gasteiger partial charge in [-0.2, -0.15) is 13.2 Å². The van der Waals surface area contributed by atoms with Gasteiger partial charge in [-0.15, -0.1) is 0 Å². The SMILES string of the molecule is Nc1ccccc1NNC(=O)c1cccc(C(F)(F)F)c1. The van der Waals surface area contributed by atoms with Crippen molar-refractivity contribution < 1.29 is 18.0 Å². The minimum absolute atomic E-state index is 0.105. The summed E-state index contributed by atoms with van der Waals surface area (Å²) in [7, 11) is 0. The fraction of sp³-hybridized carbons (Fsp3) is 0.0714. The summed E-state index contributed by atoms with van der Waals surface area (Å²) in [6, 6.07) is 10.8. The van der Waals surface area contributed by atoms with Gasteiger partial charge < -0.3 is 5.73 Å². The topological polar surface area (TPSA) is 67.2 Å². The molecule has 2 rings (SSSR count). The lowest BCUT2D eigenvalue weighted by molar-refractivity contribution is -0.137. The zero-order valence-electron chi connectivity index (χ0n) is 10.7. The quantitative estimate of drug-likeness (QED) is 0.602. The molecular weight excluding hydrogens is 283 g/mol. The summed E-state index contributed by atoms with van der Waals surface area (Å²) in [5, 5.41) is 0. The first-order valence-electron chi connectivity index (χ1n) is 5.96. The summed E-state index contributed by atoms with van der Waals surface area (Å²) in [6.45, 7) is 0. The number of nitrogens with two attached hydrogens (primary N) is 1. The number of nitrogens with one attached hydrogen (secondary N) is 2. The summed E-state index contributed by atoms with van der Waals surface area (Å²) in [5.74, 6) is -0.690. The molecule has 0 fully saturated rings. The van der Waals surface area contributed by atoms with Gasteiger partial charge in [0.25, 0.3) is 5.91 Å². The Hall–Kier alpha value is -2.70. The van der Waals surface area contributed by atoms with Gasteiger partial charge in [0.15, 0.2) is 0 Å². The number of carbonyl (C=O) groups excluding carboxylic acids is 1. The fourth-order valence-electron chi connectivity index (χ4n) is 1.64. The average Bonchev–Trinajstić information content (AvgIpc) is 2.45. The van der Waals surface area contributed by atoms with Crippen LogP contribution in [0.4, 0.5) is 24.5 Å². The molecule has 0 saturated carbocycles. The van der Waals surface area contributed by atoms with Gasteiger partial charge in [-0.1, -0.05) is 18.2 Å². The molecule has 0 radical (unpaired) electrons. The van der Waals surface area contributed by atoms with Crippen molar-refractivity contribution in [2.24, 2.45) is 0 Å². The van der Waals surface area contributed by atoms with Crippen LogP contribution in [0.2, 0.25) is 0 Å². The molecule has 1 amide bonds. The number of hydrazine groups is 1. The molecule has 0 heterocycles. The molecule has 4 nitrogen and oxygen atoms in total. The minimum Gasteiger partial charge on any atom is -0.397 e. The monoisotopic (exact) mass is 295 g/mol. The molecule has 21 heavy (non-hydrogen) atoms. The van der Waals surface area contributed by atoms with Gasteiger partial charge in [0.2, 0.25) is 0 Å². The highest BCUT2D eigenvalue weighted by Gasteiger charge is 2.30. The molecule has 0 aliphatic rings. The van der Waals surface area contributed by atoms with Crippen molar-refractivity contribution in [3.05, 3.63) is 59.7 Å². The molecule has 0 atom stereocenters. The lowest BCUT2D eigenvalue weighted by Gasteiger charge is -2.12. The predicted octanol–water partition coefficient (Wildman–Crippen LogP) is 3.04. The van der Waals surface area contributed by atoms with Crippen molar-refractivity contribution in [3.63, 3.8) is 0 Å². The lowest BCUT2D eigenvalue weighted by Crippen LogP contribution is -2.29. The van der Waals surface area contributed by atoms with Crippen LogP contribution in [0.5, 0.6) is 0 Å². The first kappa shape index (κ1) is 14.7. The molecule has 0 spiro atoms. The number of halogens is 3. The third kappa shape index (κ3) is 3.65. The summed E-state index contributed by atoms with van der Waals surface area (Å²) in [5.41, 5.74) is 10.4. The fourth-order valence-corrected chi connectivity index (χ4v) is 1.64. The average molecular weight is 295 g/mol. The highest BCUT2D eigenvalue weighted by atomic mass is 19.4. The van der Waals surface area contributed by atoms with Crippen molar-refractivity contribution >= 4 is 17.3 Å². The van der Waals surface area contributed by atoms with Crippen LogP contribution in [0.1, 0.15) is 15.9 Å². The van der Waals surface area contributed by atoms with Crippen molar-refractivity contribution in [2.75, 3.05) is 11.2 Å². The van der Waals surface area contributed by atoms with Gasteiger partial charge >= 0.3 is 6.18 Å². The van der Waals surface area contributed by atoms with Crippen LogP contribution in [0.15, 0.2) is 48.5 Å². The third-order valence-electron chi connectivity index (χ3n) is 2.72. The highest BCUT2D eigenvalue weighted by Crippen LogP contribution is 2.29. The van der Waals surface area contributed by atoms with E-state index in [4.69, 9.17) is 5.73 Å². The molecule has 0 unspecified atom stereocenters. The van der Waals surface area contributed by atoms with Crippen LogP contribution in [0.3, 0.4) is 0 Å². The Labute approximate surface area is 118 Å². The number of amides is 1. The number of rotatable bonds is 3. The third-order valence-corrected chi connectivity index (χ3v) is 2.72. The first-order chi connectivity index (χ1) is 9.88. The summed E-state index contributed by atoms with van der Waals surface area (Å²) in [4.78, 5) is 11.8. The Balaban J connectivity index is 2.09. The van der Waals surface area contributed by atoms with E-state index in [-0.39, 0.29) is 5.56 Å². The molecule has 2 aromatic carbocycles. The molecule has 0 saturated heterocycles. The Morgan fingerprint density at radius 1 is 1.05 bits per heavy atom. The van der Waals surface area contributed by atoms with E-state index in [0.29, 0.717) is 11.4 Å². The van der Waals surface area contributed by atoms with Gasteiger partial charge in [-0.3, -0.25) is 15.6 Å². The van der Waals surface area contributed by atoms with E-state index < -0.39 is 17.6 Å². The van der Waals surface area contributed by atoms with E-state index in [1.807, 2.05) is 0 Å². The number of hydrogen-bond acceptors (Lipinski definition) is 3. The van der Waals surface area contributed by atoms with Crippen LogP contribution in [-0.4, -0.2) is 5.91 Å². The highest BCUT2D eigenvalue weighted by molar-refractivity contribution is 5.95. The number of alkyl halides is 3. The van der Waals surface area contributed by atoms with Crippen LogP contribution >= 0.6 is 0 Å². The predicted molar refractivity (Wildman–Crippen MR) is 73.4 cm³/mol. The van der Waals surface area contributed by atoms with E-state index in [2.05, 4.69) is 10.9 Å². The normalized spacial score (nSPS) is 11.0. The van der Waals surface area contributed by atoms with Gasteiger partial charge in [-0.25, -0.2) is 0 Å². The minimum atomic E-state index is -4.49. The Bertz CT molecular complexity index is 656. The van der Waals surface area contributed by atoms with Gasteiger partial charge in [-0.05, 0) is 30.3 Å². The van der Waals surface area contributed by atoms with E-state index in [1.165, 1.54) is 12.1 Å². The second kappa shape index (κ2) is 5.74. The molecule has 7 heteroatoms. The van der Waals surface area contributed by atoms with E-state index >= 15 is 0 Å².